The minimum absolute atomic E-state index is 0.0583. The molecule has 2 aromatic rings. The van der Waals surface area contributed by atoms with Crippen LogP contribution in [0.25, 0.3) is 9.88 Å². The van der Waals surface area contributed by atoms with Gasteiger partial charge in [-0.15, -0.1) is 22.7 Å². The minimum Gasteiger partial charge on any atom is -0.394 e. The molecule has 2 heterocycles. The molecule has 1 unspecified atom stereocenters. The number of thiophene rings is 1. The highest BCUT2D eigenvalue weighted by molar-refractivity contribution is 9.10. The van der Waals surface area contributed by atoms with Gasteiger partial charge in [-0.25, -0.2) is 4.98 Å². The number of amides is 1. The third kappa shape index (κ3) is 4.10. The molecule has 0 bridgehead atoms. The second-order valence-electron chi connectivity index (χ2n) is 4.10. The Bertz CT molecular complexity index is 568. The Labute approximate surface area is 127 Å². The quantitative estimate of drug-likeness (QED) is 0.861. The second-order valence-corrected chi connectivity index (χ2v) is 6.79. The molecule has 0 saturated carbocycles. The van der Waals surface area contributed by atoms with Crippen molar-refractivity contribution in [3.63, 3.8) is 0 Å². The Balaban J connectivity index is 2.00. The summed E-state index contributed by atoms with van der Waals surface area (Å²) in [5.74, 6) is -0.120. The van der Waals surface area contributed by atoms with Crippen LogP contribution >= 0.6 is 38.6 Å². The summed E-state index contributed by atoms with van der Waals surface area (Å²) < 4.78 is 1.04. The van der Waals surface area contributed by atoms with Crippen LogP contribution in [0, 0.1) is 0 Å². The van der Waals surface area contributed by atoms with Gasteiger partial charge < -0.3 is 10.4 Å². The zero-order valence-corrected chi connectivity index (χ0v) is 13.4. The van der Waals surface area contributed by atoms with Crippen molar-refractivity contribution in [2.45, 2.75) is 19.4 Å². The predicted octanol–water partition coefficient (Wildman–Crippen LogP) is 2.67. The molecule has 102 valence electrons. The van der Waals surface area contributed by atoms with Gasteiger partial charge in [0.2, 0.25) is 5.91 Å². The average molecular weight is 361 g/mol. The molecule has 2 rings (SSSR count). The van der Waals surface area contributed by atoms with E-state index in [9.17, 15) is 4.79 Å². The van der Waals surface area contributed by atoms with Gasteiger partial charge in [0.25, 0.3) is 0 Å². The number of aliphatic hydroxyl groups excluding tert-OH is 1. The van der Waals surface area contributed by atoms with Crippen LogP contribution < -0.4 is 5.32 Å². The summed E-state index contributed by atoms with van der Waals surface area (Å²) in [4.78, 5) is 17.2. The molecule has 2 N–H and O–H groups in total. The van der Waals surface area contributed by atoms with Gasteiger partial charge in [0.05, 0.1) is 23.6 Å². The SMILES string of the molecule is CC(CO)NC(=O)Cc1csc(-c2cc(Br)cs2)n1. The first-order chi connectivity index (χ1) is 9.08. The number of hydrogen-bond donors (Lipinski definition) is 2. The molecule has 1 atom stereocenters. The third-order valence-electron chi connectivity index (χ3n) is 2.35. The highest BCUT2D eigenvalue weighted by atomic mass is 79.9. The van der Waals surface area contributed by atoms with E-state index in [4.69, 9.17) is 5.11 Å². The van der Waals surface area contributed by atoms with E-state index >= 15 is 0 Å². The standard InChI is InChI=1S/C12H13BrN2O2S2/c1-7(4-16)14-11(17)3-9-6-19-12(15-9)10-2-8(13)5-18-10/h2,5-7,16H,3-4H2,1H3,(H,14,17). The average Bonchev–Trinajstić information content (AvgIpc) is 2.97. The summed E-state index contributed by atoms with van der Waals surface area (Å²) in [5.41, 5.74) is 0.757. The van der Waals surface area contributed by atoms with Gasteiger partial charge in [-0.3, -0.25) is 4.79 Å². The van der Waals surface area contributed by atoms with Crippen LogP contribution in [0.1, 0.15) is 12.6 Å². The monoisotopic (exact) mass is 360 g/mol. The maximum Gasteiger partial charge on any atom is 0.226 e. The van der Waals surface area contributed by atoms with Crippen LogP contribution in [0.3, 0.4) is 0 Å². The smallest absolute Gasteiger partial charge is 0.226 e. The number of carbonyl (C=O) groups excluding carboxylic acids is 1. The van der Waals surface area contributed by atoms with E-state index in [1.54, 1.807) is 18.3 Å². The lowest BCUT2D eigenvalue weighted by atomic mass is 10.3. The lowest BCUT2D eigenvalue weighted by Crippen LogP contribution is -2.36. The molecule has 2 aromatic heterocycles. The molecule has 0 radical (unpaired) electrons. The highest BCUT2D eigenvalue weighted by Gasteiger charge is 2.11. The number of aromatic nitrogens is 1. The van der Waals surface area contributed by atoms with Crippen molar-refractivity contribution in [2.75, 3.05) is 6.61 Å². The maximum atomic E-state index is 11.7. The van der Waals surface area contributed by atoms with Gasteiger partial charge in [0, 0.05) is 21.3 Å². The Hall–Kier alpha value is -0.760. The largest absolute Gasteiger partial charge is 0.394 e. The Morgan fingerprint density at radius 1 is 1.53 bits per heavy atom. The number of rotatable bonds is 5. The highest BCUT2D eigenvalue weighted by Crippen LogP contribution is 2.31. The molecule has 0 aromatic carbocycles. The van der Waals surface area contributed by atoms with Crippen LogP contribution in [-0.2, 0) is 11.2 Å². The minimum atomic E-state index is -0.223. The number of halogens is 1. The molecule has 7 heteroatoms. The summed E-state index contributed by atoms with van der Waals surface area (Å²) in [6.45, 7) is 1.70. The molecular weight excluding hydrogens is 348 g/mol. The second kappa shape index (κ2) is 6.60. The Morgan fingerprint density at radius 2 is 2.32 bits per heavy atom. The van der Waals surface area contributed by atoms with Crippen molar-refractivity contribution < 1.29 is 9.90 Å². The van der Waals surface area contributed by atoms with Crippen molar-refractivity contribution in [1.82, 2.24) is 10.3 Å². The van der Waals surface area contributed by atoms with E-state index < -0.39 is 0 Å². The van der Waals surface area contributed by atoms with E-state index in [1.165, 1.54) is 11.3 Å². The zero-order valence-electron chi connectivity index (χ0n) is 10.2. The molecule has 0 aliphatic carbocycles. The molecule has 0 aliphatic rings. The number of carbonyl (C=O) groups is 1. The van der Waals surface area contributed by atoms with E-state index in [0.717, 1.165) is 20.1 Å². The first-order valence-corrected chi connectivity index (χ1v) is 8.22. The molecule has 0 fully saturated rings. The summed E-state index contributed by atoms with van der Waals surface area (Å²) in [6.07, 6.45) is 0.243. The van der Waals surface area contributed by atoms with E-state index in [2.05, 4.69) is 26.2 Å². The van der Waals surface area contributed by atoms with Crippen molar-refractivity contribution >= 4 is 44.5 Å². The van der Waals surface area contributed by atoms with Crippen LogP contribution in [0.2, 0.25) is 0 Å². The van der Waals surface area contributed by atoms with Gasteiger partial charge >= 0.3 is 0 Å². The zero-order chi connectivity index (χ0) is 13.8. The molecule has 0 spiro atoms. The van der Waals surface area contributed by atoms with Gasteiger partial charge in [0.15, 0.2) is 0 Å². The first kappa shape index (κ1) is 14.6. The Kier molecular flexibility index (Phi) is 5.09. The van der Waals surface area contributed by atoms with Gasteiger partial charge in [-0.1, -0.05) is 0 Å². The molecular formula is C12H13BrN2O2S2. The lowest BCUT2D eigenvalue weighted by molar-refractivity contribution is -0.121. The molecule has 0 saturated heterocycles. The van der Waals surface area contributed by atoms with Gasteiger partial charge in [-0.05, 0) is 28.9 Å². The van der Waals surface area contributed by atoms with Crippen molar-refractivity contribution in [2.24, 2.45) is 0 Å². The van der Waals surface area contributed by atoms with Crippen LogP contribution in [-0.4, -0.2) is 28.6 Å². The molecule has 4 nitrogen and oxygen atoms in total. The van der Waals surface area contributed by atoms with Crippen molar-refractivity contribution in [3.8, 4) is 9.88 Å². The van der Waals surface area contributed by atoms with Gasteiger partial charge in [0.1, 0.15) is 5.01 Å². The van der Waals surface area contributed by atoms with E-state index in [1.807, 2.05) is 16.8 Å². The van der Waals surface area contributed by atoms with Gasteiger partial charge in [-0.2, -0.15) is 0 Å². The summed E-state index contributed by atoms with van der Waals surface area (Å²) in [7, 11) is 0. The maximum absolute atomic E-state index is 11.7. The number of nitrogens with zero attached hydrogens (tertiary/aromatic N) is 1. The van der Waals surface area contributed by atoms with Crippen molar-refractivity contribution in [1.29, 1.82) is 0 Å². The van der Waals surface area contributed by atoms with E-state index in [-0.39, 0.29) is 25.0 Å². The van der Waals surface area contributed by atoms with Crippen LogP contribution in [0.4, 0.5) is 0 Å². The van der Waals surface area contributed by atoms with Crippen LogP contribution in [0.5, 0.6) is 0 Å². The normalized spacial score (nSPS) is 12.4. The third-order valence-corrected chi connectivity index (χ3v) is 5.10. The predicted molar refractivity (Wildman–Crippen MR) is 81.5 cm³/mol. The fourth-order valence-corrected chi connectivity index (χ4v) is 3.79. The van der Waals surface area contributed by atoms with Crippen molar-refractivity contribution in [3.05, 3.63) is 27.0 Å². The van der Waals surface area contributed by atoms with E-state index in [0.29, 0.717) is 0 Å². The molecule has 0 aliphatic heterocycles. The lowest BCUT2D eigenvalue weighted by Gasteiger charge is -2.09. The Morgan fingerprint density at radius 3 is 2.95 bits per heavy atom. The first-order valence-electron chi connectivity index (χ1n) is 5.67. The number of thiazole rings is 1. The number of hydrogen-bond acceptors (Lipinski definition) is 5. The summed E-state index contributed by atoms with van der Waals surface area (Å²) in [5, 5.41) is 16.4. The summed E-state index contributed by atoms with van der Waals surface area (Å²) in [6, 6.07) is 1.79. The topological polar surface area (TPSA) is 62.2 Å². The fraction of sp³-hybridized carbons (Fsp3) is 0.333. The van der Waals surface area contributed by atoms with Crippen LogP contribution in [0.15, 0.2) is 21.3 Å². The molecule has 1 amide bonds. The molecule has 19 heavy (non-hydrogen) atoms. The number of nitrogens with one attached hydrogen (secondary N) is 1. The summed E-state index contributed by atoms with van der Waals surface area (Å²) >= 11 is 6.56. The fourth-order valence-electron chi connectivity index (χ4n) is 1.46. The number of aliphatic hydroxyl groups is 1.